The third kappa shape index (κ3) is 3.35. The van der Waals surface area contributed by atoms with Crippen LogP contribution in [-0.2, 0) is 14.8 Å². The van der Waals surface area contributed by atoms with Gasteiger partial charge in [-0.2, -0.15) is 5.26 Å². The lowest BCUT2D eigenvalue weighted by molar-refractivity contribution is -0.112. The van der Waals surface area contributed by atoms with E-state index >= 15 is 0 Å². The second kappa shape index (κ2) is 7.27. The average molecular weight is 420 g/mol. The number of sulfonamides is 1. The highest BCUT2D eigenvalue weighted by atomic mass is 32.2. The molecule has 0 spiro atoms. The van der Waals surface area contributed by atoms with Crippen LogP contribution in [0.25, 0.3) is 16.9 Å². The van der Waals surface area contributed by atoms with Crippen molar-refractivity contribution in [2.45, 2.75) is 17.0 Å². The summed E-state index contributed by atoms with van der Waals surface area (Å²) in [6.45, 7) is 1.48. The van der Waals surface area contributed by atoms with Gasteiger partial charge in [-0.05, 0) is 25.1 Å². The number of nitrogens with zero attached hydrogens (tertiary/aromatic N) is 5. The van der Waals surface area contributed by atoms with E-state index in [0.717, 1.165) is 16.1 Å². The molecule has 0 aliphatic heterocycles. The van der Waals surface area contributed by atoms with E-state index in [9.17, 15) is 13.2 Å². The van der Waals surface area contributed by atoms with Crippen LogP contribution in [0.2, 0.25) is 0 Å². The zero-order chi connectivity index (χ0) is 20.6. The first-order chi connectivity index (χ1) is 13.2. The molecule has 1 aromatic carbocycles. The zero-order valence-corrected chi connectivity index (χ0v) is 16.8. The van der Waals surface area contributed by atoms with Crippen molar-refractivity contribution < 1.29 is 17.6 Å². The summed E-state index contributed by atoms with van der Waals surface area (Å²) < 4.78 is 33.0. The monoisotopic (exact) mass is 420 g/mol. The summed E-state index contributed by atoms with van der Waals surface area (Å²) in [5.74, 6) is -0.357. The third-order valence-electron chi connectivity index (χ3n) is 3.87. The van der Waals surface area contributed by atoms with Crippen LogP contribution < -0.4 is 5.73 Å². The summed E-state index contributed by atoms with van der Waals surface area (Å²) >= 11 is 1.04. The Morgan fingerprint density at radius 1 is 1.39 bits per heavy atom. The summed E-state index contributed by atoms with van der Waals surface area (Å²) in [5, 5.41) is 17.2. The van der Waals surface area contributed by atoms with Crippen molar-refractivity contribution in [1.29, 1.82) is 5.26 Å². The second-order valence-corrected chi connectivity index (χ2v) is 9.10. The van der Waals surface area contributed by atoms with E-state index in [-0.39, 0.29) is 27.8 Å². The van der Waals surface area contributed by atoms with Crippen LogP contribution in [-0.4, -0.2) is 53.0 Å². The Labute approximate surface area is 164 Å². The molecular formula is C16H16N6O4S2. The molecule has 10 nitrogen and oxygen atoms in total. The number of Topliss-reactive ketones (excluding diaryl/α,β-unsaturated/α-hetero) is 1. The SMILES string of the molecule is CC(N)=C(C#N)C(=O)CSc1nnc2oc3ccc(S(=O)(=O)N(C)C)cc3n12. The highest BCUT2D eigenvalue weighted by Crippen LogP contribution is 2.28. The number of oxazole rings is 1. The van der Waals surface area contributed by atoms with Gasteiger partial charge in [-0.1, -0.05) is 16.9 Å². The number of fused-ring (bicyclic) bond motifs is 3. The van der Waals surface area contributed by atoms with Gasteiger partial charge in [-0.25, -0.2) is 17.1 Å². The fourth-order valence-corrected chi connectivity index (χ4v) is 4.15. The molecule has 0 aliphatic rings. The van der Waals surface area contributed by atoms with Gasteiger partial charge in [-0.3, -0.25) is 4.79 Å². The molecular weight excluding hydrogens is 404 g/mol. The van der Waals surface area contributed by atoms with Crippen molar-refractivity contribution in [3.8, 4) is 6.07 Å². The minimum atomic E-state index is -3.64. The summed E-state index contributed by atoms with van der Waals surface area (Å²) in [7, 11) is -0.759. The number of hydrogen-bond donors (Lipinski definition) is 1. The lowest BCUT2D eigenvalue weighted by Gasteiger charge is -2.10. The van der Waals surface area contributed by atoms with E-state index in [1.54, 1.807) is 6.07 Å². The fourth-order valence-electron chi connectivity index (χ4n) is 2.42. The van der Waals surface area contributed by atoms with Gasteiger partial charge in [0.2, 0.25) is 10.0 Å². The molecule has 12 heteroatoms. The molecule has 0 saturated heterocycles. The van der Waals surface area contributed by atoms with Crippen LogP contribution in [0.5, 0.6) is 0 Å². The molecule has 0 unspecified atom stereocenters. The molecule has 2 heterocycles. The normalized spacial score (nSPS) is 13.1. The molecule has 0 saturated carbocycles. The average Bonchev–Trinajstić information content (AvgIpc) is 3.18. The van der Waals surface area contributed by atoms with Crippen LogP contribution in [0.3, 0.4) is 0 Å². The quantitative estimate of drug-likeness (QED) is 0.352. The summed E-state index contributed by atoms with van der Waals surface area (Å²) in [6, 6.07) is 6.23. The van der Waals surface area contributed by atoms with Crippen molar-refractivity contribution in [3.05, 3.63) is 29.5 Å². The Kier molecular flexibility index (Phi) is 5.16. The van der Waals surface area contributed by atoms with Gasteiger partial charge in [0, 0.05) is 19.8 Å². The molecule has 0 amide bonds. The number of carbonyl (C=O) groups excluding carboxylic acids is 1. The smallest absolute Gasteiger partial charge is 0.328 e. The number of thioether (sulfide) groups is 1. The number of benzene rings is 1. The topological polar surface area (TPSA) is 148 Å². The first-order valence-corrected chi connectivity index (χ1v) is 10.3. The summed E-state index contributed by atoms with van der Waals surface area (Å²) in [6.07, 6.45) is 0. The maximum atomic E-state index is 12.4. The van der Waals surface area contributed by atoms with Crippen LogP contribution in [0.15, 0.2) is 43.9 Å². The zero-order valence-electron chi connectivity index (χ0n) is 15.2. The minimum absolute atomic E-state index is 0.0828. The second-order valence-electron chi connectivity index (χ2n) is 6.00. The Morgan fingerprint density at radius 3 is 2.71 bits per heavy atom. The molecule has 0 bridgehead atoms. The lowest BCUT2D eigenvalue weighted by Crippen LogP contribution is -2.22. The summed E-state index contributed by atoms with van der Waals surface area (Å²) in [4.78, 5) is 12.2. The van der Waals surface area contributed by atoms with Crippen LogP contribution in [0.4, 0.5) is 0 Å². The van der Waals surface area contributed by atoms with Crippen molar-refractivity contribution in [3.63, 3.8) is 0 Å². The largest absolute Gasteiger partial charge is 0.422 e. The third-order valence-corrected chi connectivity index (χ3v) is 6.61. The lowest BCUT2D eigenvalue weighted by atomic mass is 10.2. The predicted molar refractivity (Wildman–Crippen MR) is 102 cm³/mol. The standard InChI is InChI=1S/C16H16N6O4S2/c1-9(18)11(7-17)13(23)8-27-16-20-19-15-22(16)12-6-10(4-5-14(12)26-15)28(24,25)21(2)3/h4-6H,8,18H2,1-3H3. The number of nitriles is 1. The molecule has 2 aromatic heterocycles. The first-order valence-electron chi connectivity index (χ1n) is 7.89. The maximum absolute atomic E-state index is 12.4. The van der Waals surface area contributed by atoms with E-state index in [1.165, 1.54) is 43.6 Å². The molecule has 0 aliphatic carbocycles. The number of allylic oxidation sites excluding steroid dienone is 2. The van der Waals surface area contributed by atoms with Gasteiger partial charge in [-0.15, -0.1) is 5.10 Å². The number of hydrogen-bond acceptors (Lipinski definition) is 9. The van der Waals surface area contributed by atoms with Crippen molar-refractivity contribution >= 4 is 44.5 Å². The van der Waals surface area contributed by atoms with E-state index in [4.69, 9.17) is 15.4 Å². The Bertz CT molecular complexity index is 1260. The number of rotatable bonds is 6. The van der Waals surface area contributed by atoms with Crippen molar-refractivity contribution in [2.24, 2.45) is 5.73 Å². The Hall–Kier alpha value is -2.88. The molecule has 28 heavy (non-hydrogen) atoms. The Balaban J connectivity index is 2.02. The van der Waals surface area contributed by atoms with Gasteiger partial charge < -0.3 is 10.2 Å². The maximum Gasteiger partial charge on any atom is 0.328 e. The van der Waals surface area contributed by atoms with Gasteiger partial charge in [0.05, 0.1) is 16.2 Å². The molecule has 0 fully saturated rings. The number of ketones is 1. The van der Waals surface area contributed by atoms with Crippen LogP contribution in [0.1, 0.15) is 6.92 Å². The van der Waals surface area contributed by atoms with E-state index in [1.807, 2.05) is 0 Å². The van der Waals surface area contributed by atoms with E-state index in [0.29, 0.717) is 16.3 Å². The van der Waals surface area contributed by atoms with Gasteiger partial charge >= 0.3 is 5.84 Å². The summed E-state index contributed by atoms with van der Waals surface area (Å²) in [5.41, 5.74) is 6.45. The molecule has 0 radical (unpaired) electrons. The minimum Gasteiger partial charge on any atom is -0.422 e. The van der Waals surface area contributed by atoms with Crippen molar-refractivity contribution in [1.82, 2.24) is 18.9 Å². The number of aromatic nitrogens is 3. The predicted octanol–water partition coefficient (Wildman–Crippen LogP) is 1.14. The van der Waals surface area contributed by atoms with Crippen LogP contribution >= 0.6 is 11.8 Å². The van der Waals surface area contributed by atoms with E-state index in [2.05, 4.69) is 10.2 Å². The van der Waals surface area contributed by atoms with E-state index < -0.39 is 15.8 Å². The molecule has 3 rings (SSSR count). The molecule has 0 atom stereocenters. The van der Waals surface area contributed by atoms with Crippen LogP contribution in [0, 0.1) is 11.3 Å². The fraction of sp³-hybridized carbons (Fsp3) is 0.250. The number of carbonyl (C=O) groups is 1. The van der Waals surface area contributed by atoms with Gasteiger partial charge in [0.25, 0.3) is 0 Å². The molecule has 3 aromatic rings. The van der Waals surface area contributed by atoms with Crippen molar-refractivity contribution in [2.75, 3.05) is 19.8 Å². The number of nitrogens with two attached hydrogens (primary N) is 1. The first kappa shape index (κ1) is 19.9. The van der Waals surface area contributed by atoms with Gasteiger partial charge in [0.1, 0.15) is 11.6 Å². The molecule has 146 valence electrons. The highest BCUT2D eigenvalue weighted by molar-refractivity contribution is 7.99. The van der Waals surface area contributed by atoms with Gasteiger partial charge in [0.15, 0.2) is 16.5 Å². The Morgan fingerprint density at radius 2 is 2.11 bits per heavy atom. The molecule has 2 N–H and O–H groups in total. The highest BCUT2D eigenvalue weighted by Gasteiger charge is 2.22.